The molecule has 144 valence electrons. The van der Waals surface area contributed by atoms with E-state index >= 15 is 0 Å². The lowest BCUT2D eigenvalue weighted by atomic mass is 9.88. The molecule has 0 N–H and O–H groups in total. The summed E-state index contributed by atoms with van der Waals surface area (Å²) >= 11 is 2.44. The minimum atomic E-state index is -1.66. The highest BCUT2D eigenvalue weighted by molar-refractivity contribution is 8.13. The second kappa shape index (κ2) is 6.88. The summed E-state index contributed by atoms with van der Waals surface area (Å²) in [5.41, 5.74) is -1.66. The van der Waals surface area contributed by atoms with Gasteiger partial charge < -0.3 is 23.7 Å². The van der Waals surface area contributed by atoms with Gasteiger partial charge in [-0.25, -0.2) is 4.79 Å². The minimum Gasteiger partial charge on any atom is -0.451 e. The van der Waals surface area contributed by atoms with E-state index in [0.717, 1.165) is 11.8 Å². The number of esters is 1. The normalized spacial score (nSPS) is 39.5. The summed E-state index contributed by atoms with van der Waals surface area (Å²) in [7, 11) is 2.86. The van der Waals surface area contributed by atoms with E-state index in [2.05, 4.69) is 0 Å². The van der Waals surface area contributed by atoms with Crippen molar-refractivity contribution in [2.75, 3.05) is 20.0 Å². The van der Waals surface area contributed by atoms with Crippen LogP contribution in [0.5, 0.6) is 0 Å². The van der Waals surface area contributed by atoms with Crippen LogP contribution in [0.25, 0.3) is 0 Å². The van der Waals surface area contributed by atoms with Crippen molar-refractivity contribution in [3.05, 3.63) is 22.4 Å². The van der Waals surface area contributed by atoms with Crippen molar-refractivity contribution >= 4 is 34.2 Å². The first-order valence-electron chi connectivity index (χ1n) is 8.17. The third kappa shape index (κ3) is 2.64. The third-order valence-corrected chi connectivity index (χ3v) is 6.72. The zero-order valence-corrected chi connectivity index (χ0v) is 16.9. The second-order valence-electron chi connectivity index (χ2n) is 6.25. The highest BCUT2D eigenvalue weighted by Gasteiger charge is 2.74. The van der Waals surface area contributed by atoms with E-state index < -0.39 is 35.4 Å². The van der Waals surface area contributed by atoms with Gasteiger partial charge in [-0.2, -0.15) is 0 Å². The van der Waals surface area contributed by atoms with Crippen LogP contribution >= 0.6 is 23.1 Å². The number of carbonyl (C=O) groups is 2. The molecule has 0 bridgehead atoms. The van der Waals surface area contributed by atoms with Crippen LogP contribution < -0.4 is 0 Å². The molecule has 1 aromatic rings. The summed E-state index contributed by atoms with van der Waals surface area (Å²) in [6.07, 6.45) is -2.17. The summed E-state index contributed by atoms with van der Waals surface area (Å²) in [4.78, 5) is 26.5. The number of thiophene rings is 1. The van der Waals surface area contributed by atoms with Gasteiger partial charge in [-0.1, -0.05) is 24.8 Å². The van der Waals surface area contributed by atoms with E-state index in [0.29, 0.717) is 10.6 Å². The molecule has 9 heteroatoms. The Balaban J connectivity index is 2.16. The van der Waals surface area contributed by atoms with Crippen molar-refractivity contribution in [3.63, 3.8) is 0 Å². The predicted octanol–water partition coefficient (Wildman–Crippen LogP) is 2.51. The van der Waals surface area contributed by atoms with Crippen molar-refractivity contribution < 1.29 is 33.3 Å². The SMILES string of the molecule is CCSC(=O)[C@]12O[C@@](C)(OC)[C@](C)(OC)O[C@H]1C(=O)O[C@@H]2c1cccs1. The molecule has 7 nitrogen and oxygen atoms in total. The molecule has 0 spiro atoms. The van der Waals surface area contributed by atoms with E-state index in [-0.39, 0.29) is 5.12 Å². The van der Waals surface area contributed by atoms with Crippen LogP contribution in [0, 0.1) is 0 Å². The Kier molecular flexibility index (Phi) is 5.24. The number of carbonyl (C=O) groups excluding carboxylic acids is 2. The maximum atomic E-state index is 13.2. The molecule has 5 atom stereocenters. The lowest BCUT2D eigenvalue weighted by Gasteiger charge is -2.53. The van der Waals surface area contributed by atoms with Gasteiger partial charge in [0.05, 0.1) is 0 Å². The van der Waals surface area contributed by atoms with Crippen LogP contribution in [-0.2, 0) is 33.3 Å². The fraction of sp³-hybridized carbons (Fsp3) is 0.647. The van der Waals surface area contributed by atoms with Crippen LogP contribution in [0.1, 0.15) is 31.8 Å². The molecule has 0 amide bonds. The highest BCUT2D eigenvalue weighted by Crippen LogP contribution is 2.55. The number of hydrogen-bond donors (Lipinski definition) is 0. The number of thioether (sulfide) groups is 1. The van der Waals surface area contributed by atoms with Crippen LogP contribution in [0.3, 0.4) is 0 Å². The van der Waals surface area contributed by atoms with Gasteiger partial charge in [0.2, 0.25) is 22.3 Å². The summed E-state index contributed by atoms with van der Waals surface area (Å²) < 4.78 is 28.9. The molecule has 2 aliphatic heterocycles. The van der Waals surface area contributed by atoms with E-state index in [1.54, 1.807) is 19.9 Å². The van der Waals surface area contributed by atoms with E-state index in [4.69, 9.17) is 23.7 Å². The summed E-state index contributed by atoms with van der Waals surface area (Å²) in [6, 6.07) is 3.62. The second-order valence-corrected chi connectivity index (χ2v) is 8.46. The van der Waals surface area contributed by atoms with Gasteiger partial charge in [0.1, 0.15) is 0 Å². The first-order chi connectivity index (χ1) is 12.3. The average Bonchev–Trinajstić information content (AvgIpc) is 3.23. The fourth-order valence-electron chi connectivity index (χ4n) is 3.24. The van der Waals surface area contributed by atoms with Crippen LogP contribution in [-0.4, -0.2) is 54.3 Å². The van der Waals surface area contributed by atoms with Gasteiger partial charge in [-0.05, 0) is 31.0 Å². The summed E-state index contributed by atoms with van der Waals surface area (Å²) in [5.74, 6) is -2.98. The molecular formula is C17H22O7S2. The van der Waals surface area contributed by atoms with Crippen molar-refractivity contribution in [3.8, 4) is 0 Å². The van der Waals surface area contributed by atoms with Crippen molar-refractivity contribution in [1.29, 1.82) is 0 Å². The monoisotopic (exact) mass is 402 g/mol. The molecule has 1 aromatic heterocycles. The molecule has 2 fully saturated rings. The molecule has 3 heterocycles. The first kappa shape index (κ1) is 19.8. The molecule has 0 aliphatic carbocycles. The van der Waals surface area contributed by atoms with Crippen LogP contribution in [0.15, 0.2) is 17.5 Å². The molecule has 2 aliphatic rings. The van der Waals surface area contributed by atoms with Crippen molar-refractivity contribution in [2.24, 2.45) is 0 Å². The number of rotatable bonds is 5. The average molecular weight is 402 g/mol. The van der Waals surface area contributed by atoms with Crippen molar-refractivity contribution in [1.82, 2.24) is 0 Å². The Hall–Kier alpha value is -0.970. The Bertz CT molecular complexity index is 693. The Morgan fingerprint density at radius 2 is 1.96 bits per heavy atom. The zero-order valence-electron chi connectivity index (χ0n) is 15.3. The zero-order chi connectivity index (χ0) is 19.2. The van der Waals surface area contributed by atoms with E-state index in [1.807, 2.05) is 18.4 Å². The third-order valence-electron chi connectivity index (χ3n) is 4.93. The van der Waals surface area contributed by atoms with Crippen LogP contribution in [0.2, 0.25) is 0 Å². The molecule has 0 radical (unpaired) electrons. The number of hydrogen-bond acceptors (Lipinski definition) is 9. The molecule has 3 rings (SSSR count). The number of fused-ring (bicyclic) bond motifs is 1. The highest BCUT2D eigenvalue weighted by atomic mass is 32.2. The van der Waals surface area contributed by atoms with Gasteiger partial charge in [0.15, 0.2) is 12.2 Å². The largest absolute Gasteiger partial charge is 0.451 e. The lowest BCUT2D eigenvalue weighted by Crippen LogP contribution is -2.72. The first-order valence-corrected chi connectivity index (χ1v) is 10.0. The molecule has 0 saturated carbocycles. The quantitative estimate of drug-likeness (QED) is 0.695. The maximum absolute atomic E-state index is 13.2. The predicted molar refractivity (Wildman–Crippen MR) is 95.8 cm³/mol. The van der Waals surface area contributed by atoms with Gasteiger partial charge in [0.25, 0.3) is 0 Å². The topological polar surface area (TPSA) is 80.3 Å². The summed E-state index contributed by atoms with van der Waals surface area (Å²) in [6.45, 7) is 5.07. The maximum Gasteiger partial charge on any atom is 0.339 e. The Morgan fingerprint density at radius 3 is 2.50 bits per heavy atom. The molecule has 0 aromatic carbocycles. The van der Waals surface area contributed by atoms with E-state index in [9.17, 15) is 9.59 Å². The number of ether oxygens (including phenoxy) is 5. The minimum absolute atomic E-state index is 0.337. The molecule has 0 unspecified atom stereocenters. The molecule has 26 heavy (non-hydrogen) atoms. The van der Waals surface area contributed by atoms with Gasteiger partial charge in [-0.15, -0.1) is 11.3 Å². The lowest BCUT2D eigenvalue weighted by molar-refractivity contribution is -0.454. The molecular weight excluding hydrogens is 380 g/mol. The van der Waals surface area contributed by atoms with Crippen LogP contribution in [0.4, 0.5) is 0 Å². The summed E-state index contributed by atoms with van der Waals surface area (Å²) in [5, 5.41) is 1.51. The van der Waals surface area contributed by atoms with Gasteiger partial charge in [-0.3, -0.25) is 4.79 Å². The smallest absolute Gasteiger partial charge is 0.339 e. The Morgan fingerprint density at radius 1 is 1.27 bits per heavy atom. The standard InChI is InChI=1S/C17H22O7S2/c1-6-25-14(19)17-11(10-8-7-9-26-10)22-13(18)12(17)23-15(2,20-4)16(3,21-5)24-17/h7-9,11-12H,6H2,1-5H3/t11-,12+,15-,16-,17-/m1/s1. The van der Waals surface area contributed by atoms with Crippen molar-refractivity contribution in [2.45, 2.75) is 50.2 Å². The van der Waals surface area contributed by atoms with Gasteiger partial charge in [0, 0.05) is 19.1 Å². The number of cyclic esters (lactones) is 1. The van der Waals surface area contributed by atoms with Gasteiger partial charge >= 0.3 is 5.97 Å². The molecule has 2 saturated heterocycles. The number of methoxy groups -OCH3 is 2. The van der Waals surface area contributed by atoms with E-state index in [1.165, 1.54) is 25.6 Å². The fourth-order valence-corrected chi connectivity index (χ4v) is 4.80. The Labute approximate surface area is 160 Å².